The van der Waals surface area contributed by atoms with Gasteiger partial charge in [0.05, 0.1) is 11.9 Å². The highest BCUT2D eigenvalue weighted by Gasteiger charge is 2.19. The Hall–Kier alpha value is -3.61. The lowest BCUT2D eigenvalue weighted by Crippen LogP contribution is -2.15. The Morgan fingerprint density at radius 1 is 0.923 bits per heavy atom. The van der Waals surface area contributed by atoms with Crippen molar-refractivity contribution in [1.82, 2.24) is 19.7 Å². The maximum Gasteiger partial charge on any atom is 0.233 e. The Morgan fingerprint density at radius 3 is 2.73 bits per heavy atom. The van der Waals surface area contributed by atoms with Crippen molar-refractivity contribution in [2.45, 2.75) is 0 Å². The molecule has 1 aliphatic heterocycles. The molecule has 0 N–H and O–H groups in total. The monoisotopic (exact) mass is 346 g/mol. The van der Waals surface area contributed by atoms with E-state index in [1.54, 1.807) is 10.9 Å². The van der Waals surface area contributed by atoms with E-state index in [9.17, 15) is 0 Å². The van der Waals surface area contributed by atoms with E-state index in [0.717, 1.165) is 5.69 Å². The molecule has 0 spiro atoms. The van der Waals surface area contributed by atoms with Gasteiger partial charge in [-0.3, -0.25) is 0 Å². The van der Waals surface area contributed by atoms with Gasteiger partial charge in [-0.05, 0) is 24.3 Å². The fourth-order valence-corrected chi connectivity index (χ4v) is 2.89. The van der Waals surface area contributed by atoms with Gasteiger partial charge in [-0.25, -0.2) is 14.6 Å². The van der Waals surface area contributed by atoms with Crippen LogP contribution in [0.5, 0.6) is 23.1 Å². The molecule has 0 saturated carbocycles. The zero-order valence-corrected chi connectivity index (χ0v) is 13.7. The highest BCUT2D eigenvalue weighted by molar-refractivity contribution is 5.81. The standard InChI is InChI=1S/C19H14N4O3/c1-2-5-13(6-3-1)23-18-14(11-22-23)19(21-12-20-18)26-16-8-4-7-15-17(16)25-10-9-24-15/h1-8,11-12H,9-10H2. The van der Waals surface area contributed by atoms with Crippen molar-refractivity contribution in [3.63, 3.8) is 0 Å². The third-order valence-corrected chi connectivity index (χ3v) is 4.07. The molecule has 0 unspecified atom stereocenters. The minimum absolute atomic E-state index is 0.416. The van der Waals surface area contributed by atoms with E-state index >= 15 is 0 Å². The van der Waals surface area contributed by atoms with E-state index in [1.165, 1.54) is 6.33 Å². The maximum atomic E-state index is 6.03. The van der Waals surface area contributed by atoms with Gasteiger partial charge in [-0.2, -0.15) is 5.10 Å². The first kappa shape index (κ1) is 14.7. The average molecular weight is 346 g/mol. The van der Waals surface area contributed by atoms with Crippen LogP contribution in [0.2, 0.25) is 0 Å². The van der Waals surface area contributed by atoms with Gasteiger partial charge in [0.1, 0.15) is 24.9 Å². The Labute approximate surface area is 148 Å². The minimum atomic E-state index is 0.416. The van der Waals surface area contributed by atoms with Crippen LogP contribution < -0.4 is 14.2 Å². The van der Waals surface area contributed by atoms with Gasteiger partial charge in [0, 0.05) is 0 Å². The average Bonchev–Trinajstić information content (AvgIpc) is 3.14. The summed E-state index contributed by atoms with van der Waals surface area (Å²) in [6.07, 6.45) is 3.16. The molecule has 0 atom stereocenters. The summed E-state index contributed by atoms with van der Waals surface area (Å²) in [6, 6.07) is 15.3. The molecule has 3 heterocycles. The molecule has 7 nitrogen and oxygen atoms in total. The summed E-state index contributed by atoms with van der Waals surface area (Å²) in [5, 5.41) is 5.15. The highest BCUT2D eigenvalue weighted by atomic mass is 16.6. The first-order valence-corrected chi connectivity index (χ1v) is 8.21. The van der Waals surface area contributed by atoms with E-state index in [4.69, 9.17) is 14.2 Å². The molecule has 7 heteroatoms. The number of fused-ring (bicyclic) bond motifs is 2. The van der Waals surface area contributed by atoms with Crippen LogP contribution in [0.4, 0.5) is 0 Å². The van der Waals surface area contributed by atoms with Crippen molar-refractivity contribution in [2.75, 3.05) is 13.2 Å². The molecular weight excluding hydrogens is 332 g/mol. The summed E-state index contributed by atoms with van der Waals surface area (Å²) in [5.74, 6) is 2.22. The number of nitrogens with zero attached hydrogens (tertiary/aromatic N) is 4. The second kappa shape index (κ2) is 6.03. The number of aromatic nitrogens is 4. The molecule has 0 fully saturated rings. The fraction of sp³-hybridized carbons (Fsp3) is 0.105. The highest BCUT2D eigenvalue weighted by Crippen LogP contribution is 2.41. The van der Waals surface area contributed by atoms with Crippen LogP contribution in [-0.4, -0.2) is 33.0 Å². The Morgan fingerprint density at radius 2 is 1.81 bits per heavy atom. The zero-order chi connectivity index (χ0) is 17.3. The van der Waals surface area contributed by atoms with Crippen LogP contribution in [-0.2, 0) is 0 Å². The summed E-state index contributed by atoms with van der Waals surface area (Å²) in [6.45, 7) is 1.01. The van der Waals surface area contributed by atoms with E-state index in [-0.39, 0.29) is 0 Å². The molecule has 0 radical (unpaired) electrons. The van der Waals surface area contributed by atoms with Crippen LogP contribution in [0.3, 0.4) is 0 Å². The Bertz CT molecular complexity index is 1080. The molecule has 5 rings (SSSR count). The van der Waals surface area contributed by atoms with Crippen molar-refractivity contribution in [1.29, 1.82) is 0 Å². The molecule has 0 bridgehead atoms. The first-order valence-electron chi connectivity index (χ1n) is 8.21. The molecule has 2 aromatic heterocycles. The number of para-hydroxylation sites is 2. The minimum Gasteiger partial charge on any atom is -0.486 e. The van der Waals surface area contributed by atoms with Gasteiger partial charge in [-0.1, -0.05) is 24.3 Å². The molecule has 4 aromatic rings. The van der Waals surface area contributed by atoms with Gasteiger partial charge in [-0.15, -0.1) is 0 Å². The SMILES string of the molecule is c1ccc(-n2ncc3c(Oc4cccc5c4OCCO5)ncnc32)cc1. The van der Waals surface area contributed by atoms with Crippen molar-refractivity contribution in [3.8, 4) is 28.8 Å². The predicted molar refractivity (Wildman–Crippen MR) is 94.2 cm³/mol. The number of benzene rings is 2. The van der Waals surface area contributed by atoms with E-state index in [2.05, 4.69) is 15.1 Å². The quantitative estimate of drug-likeness (QED) is 0.566. The van der Waals surface area contributed by atoms with Gasteiger partial charge >= 0.3 is 0 Å². The van der Waals surface area contributed by atoms with Crippen LogP contribution >= 0.6 is 0 Å². The van der Waals surface area contributed by atoms with Crippen molar-refractivity contribution in [2.24, 2.45) is 0 Å². The smallest absolute Gasteiger partial charge is 0.233 e. The predicted octanol–water partition coefficient (Wildman–Crippen LogP) is 3.38. The number of hydrogen-bond acceptors (Lipinski definition) is 6. The summed E-state index contributed by atoms with van der Waals surface area (Å²) in [7, 11) is 0. The summed E-state index contributed by atoms with van der Waals surface area (Å²) in [5.41, 5.74) is 1.59. The lowest BCUT2D eigenvalue weighted by Gasteiger charge is -2.20. The van der Waals surface area contributed by atoms with E-state index < -0.39 is 0 Å². The lowest BCUT2D eigenvalue weighted by molar-refractivity contribution is 0.166. The van der Waals surface area contributed by atoms with Gasteiger partial charge in [0.15, 0.2) is 17.1 Å². The first-order chi connectivity index (χ1) is 12.9. The normalized spacial score (nSPS) is 12.9. The van der Waals surface area contributed by atoms with Crippen LogP contribution in [0.25, 0.3) is 16.7 Å². The topological polar surface area (TPSA) is 71.3 Å². The number of rotatable bonds is 3. The molecule has 0 saturated heterocycles. The van der Waals surface area contributed by atoms with E-state index in [0.29, 0.717) is 47.4 Å². The molecule has 2 aromatic carbocycles. The van der Waals surface area contributed by atoms with Gasteiger partial charge in [0.2, 0.25) is 11.6 Å². The largest absolute Gasteiger partial charge is 0.486 e. The summed E-state index contributed by atoms with van der Waals surface area (Å²) in [4.78, 5) is 8.64. The number of hydrogen-bond donors (Lipinski definition) is 0. The second-order valence-electron chi connectivity index (χ2n) is 5.69. The molecule has 1 aliphatic rings. The van der Waals surface area contributed by atoms with Crippen LogP contribution in [0.15, 0.2) is 61.1 Å². The zero-order valence-electron chi connectivity index (χ0n) is 13.7. The molecule has 128 valence electrons. The van der Waals surface area contributed by atoms with Crippen LogP contribution in [0.1, 0.15) is 0 Å². The van der Waals surface area contributed by atoms with Crippen molar-refractivity contribution >= 4 is 11.0 Å². The lowest BCUT2D eigenvalue weighted by atomic mass is 10.3. The Kier molecular flexibility index (Phi) is 3.41. The molecule has 0 amide bonds. The fourth-order valence-electron chi connectivity index (χ4n) is 2.89. The third-order valence-electron chi connectivity index (χ3n) is 4.07. The number of ether oxygens (including phenoxy) is 3. The van der Waals surface area contributed by atoms with E-state index in [1.807, 2.05) is 48.5 Å². The van der Waals surface area contributed by atoms with Crippen molar-refractivity contribution in [3.05, 3.63) is 61.1 Å². The Balaban J connectivity index is 1.58. The maximum absolute atomic E-state index is 6.03. The van der Waals surface area contributed by atoms with Crippen molar-refractivity contribution < 1.29 is 14.2 Å². The van der Waals surface area contributed by atoms with Gasteiger partial charge < -0.3 is 14.2 Å². The van der Waals surface area contributed by atoms with Gasteiger partial charge in [0.25, 0.3) is 0 Å². The van der Waals surface area contributed by atoms with Crippen LogP contribution in [0, 0.1) is 0 Å². The molecular formula is C19H14N4O3. The second-order valence-corrected chi connectivity index (χ2v) is 5.69. The molecule has 0 aliphatic carbocycles. The molecule has 26 heavy (non-hydrogen) atoms. The summed E-state index contributed by atoms with van der Waals surface area (Å²) < 4.78 is 19.1. The summed E-state index contributed by atoms with van der Waals surface area (Å²) >= 11 is 0. The third kappa shape index (κ3) is 2.41.